The highest BCUT2D eigenvalue weighted by atomic mass is 14.8. The van der Waals surface area contributed by atoms with Gasteiger partial charge in [0.05, 0.1) is 0 Å². The zero-order valence-corrected chi connectivity index (χ0v) is 5.39. The molecule has 0 aromatic heterocycles. The number of rotatable bonds is 3. The second kappa shape index (κ2) is 6.37. The van der Waals surface area contributed by atoms with Crippen molar-refractivity contribution in [3.05, 3.63) is 12.3 Å². The maximum absolute atomic E-state index is 3.91. The Labute approximate surface area is 50.3 Å². The average molecular weight is 112 g/mol. The van der Waals surface area contributed by atoms with E-state index in [9.17, 15) is 0 Å². The Hall–Kier alpha value is -0.630. The van der Waals surface area contributed by atoms with Gasteiger partial charge >= 0.3 is 0 Å². The zero-order valence-electron chi connectivity index (χ0n) is 5.39. The smallest absolute Gasteiger partial charge is 0.0306 e. The number of nitrogens with zero attached hydrogens (tertiary/aromatic N) is 1. The van der Waals surface area contributed by atoms with E-state index in [2.05, 4.69) is 10.3 Å². The Bertz CT molecular complexity index is 84.5. The molecule has 46 valence electrons. The van der Waals surface area contributed by atoms with Gasteiger partial charge in [0.25, 0.3) is 0 Å². The largest absolute Gasteiger partial charge is 0.315 e. The fraction of sp³-hybridized carbons (Fsp3) is 0.500. The first-order valence-electron chi connectivity index (χ1n) is 2.69. The van der Waals surface area contributed by atoms with Gasteiger partial charge in [-0.3, -0.25) is 4.99 Å². The van der Waals surface area contributed by atoms with Crippen molar-refractivity contribution in [3.63, 3.8) is 0 Å². The number of aliphatic imine (C=N–C) groups is 1. The molecule has 0 aromatic carbocycles. The van der Waals surface area contributed by atoms with E-state index in [0.29, 0.717) is 0 Å². The third-order valence-corrected chi connectivity index (χ3v) is 0.636. The highest BCUT2D eigenvalue weighted by molar-refractivity contribution is 5.60. The number of nitrogens with one attached hydrogen (secondary N) is 1. The van der Waals surface area contributed by atoms with Crippen LogP contribution in [0.25, 0.3) is 0 Å². The molecule has 0 saturated heterocycles. The maximum atomic E-state index is 3.91. The summed E-state index contributed by atoms with van der Waals surface area (Å²) in [5.41, 5.74) is 0. The number of hydrogen-bond acceptors (Lipinski definition) is 2. The molecule has 0 aliphatic carbocycles. The molecule has 0 aromatic rings. The van der Waals surface area contributed by atoms with Crippen LogP contribution in [-0.4, -0.2) is 19.8 Å². The van der Waals surface area contributed by atoms with Gasteiger partial charge in [0.15, 0.2) is 0 Å². The molecule has 2 heteroatoms. The lowest BCUT2D eigenvalue weighted by molar-refractivity contribution is 0.957. The number of allylic oxidation sites excluding steroid dienone is 1. The van der Waals surface area contributed by atoms with Crippen molar-refractivity contribution in [1.82, 2.24) is 5.32 Å². The Balaban J connectivity index is 3.07. The molecule has 0 bridgehead atoms. The Kier molecular flexibility index (Phi) is 5.87. The standard InChI is InChI=1S/C6H12N2/c1-3-4-8-6-5-7-2/h3-4,6-7H,5H2,1-2H3/b4-3-,8-6?. The molecule has 0 unspecified atom stereocenters. The van der Waals surface area contributed by atoms with Crippen LogP contribution < -0.4 is 5.32 Å². The minimum absolute atomic E-state index is 0.838. The molecule has 0 radical (unpaired) electrons. The zero-order chi connectivity index (χ0) is 6.24. The lowest BCUT2D eigenvalue weighted by Crippen LogP contribution is -2.07. The van der Waals surface area contributed by atoms with Gasteiger partial charge in [0.1, 0.15) is 0 Å². The molecule has 0 atom stereocenters. The molecule has 8 heavy (non-hydrogen) atoms. The highest BCUT2D eigenvalue weighted by Gasteiger charge is 1.64. The Morgan fingerprint density at radius 3 is 2.88 bits per heavy atom. The van der Waals surface area contributed by atoms with Gasteiger partial charge < -0.3 is 5.32 Å². The van der Waals surface area contributed by atoms with Crippen LogP contribution in [0.15, 0.2) is 17.3 Å². The Morgan fingerprint density at radius 2 is 2.38 bits per heavy atom. The summed E-state index contributed by atoms with van der Waals surface area (Å²) in [7, 11) is 1.89. The first-order chi connectivity index (χ1) is 3.91. The summed E-state index contributed by atoms with van der Waals surface area (Å²) in [4.78, 5) is 3.91. The average Bonchev–Trinajstić information content (AvgIpc) is 1.81. The molecule has 0 saturated carbocycles. The molecule has 0 aliphatic rings. The second-order valence-corrected chi connectivity index (χ2v) is 1.37. The molecule has 0 amide bonds. The van der Waals surface area contributed by atoms with Crippen molar-refractivity contribution >= 4 is 6.21 Å². The molecule has 0 spiro atoms. The van der Waals surface area contributed by atoms with Gasteiger partial charge in [0, 0.05) is 19.0 Å². The summed E-state index contributed by atoms with van der Waals surface area (Å²) in [5, 5.41) is 2.94. The van der Waals surface area contributed by atoms with E-state index in [1.807, 2.05) is 26.3 Å². The second-order valence-electron chi connectivity index (χ2n) is 1.37. The summed E-state index contributed by atoms with van der Waals surface area (Å²) in [6.07, 6.45) is 5.48. The summed E-state index contributed by atoms with van der Waals surface area (Å²) in [6.45, 7) is 2.78. The van der Waals surface area contributed by atoms with Crippen LogP contribution in [0.1, 0.15) is 6.92 Å². The minimum Gasteiger partial charge on any atom is -0.315 e. The third-order valence-electron chi connectivity index (χ3n) is 0.636. The van der Waals surface area contributed by atoms with Crippen molar-refractivity contribution in [3.8, 4) is 0 Å². The predicted molar refractivity (Wildman–Crippen MR) is 37.2 cm³/mol. The van der Waals surface area contributed by atoms with Crippen LogP contribution in [0, 0.1) is 0 Å². The van der Waals surface area contributed by atoms with Crippen LogP contribution in [0.4, 0.5) is 0 Å². The molecular formula is C6H12N2. The van der Waals surface area contributed by atoms with E-state index in [1.54, 1.807) is 6.20 Å². The summed E-state index contributed by atoms with van der Waals surface area (Å²) < 4.78 is 0. The van der Waals surface area contributed by atoms with E-state index < -0.39 is 0 Å². The van der Waals surface area contributed by atoms with Gasteiger partial charge in [-0.1, -0.05) is 6.08 Å². The van der Waals surface area contributed by atoms with Gasteiger partial charge in [-0.25, -0.2) is 0 Å². The molecule has 0 rings (SSSR count). The van der Waals surface area contributed by atoms with Crippen molar-refractivity contribution in [2.24, 2.45) is 4.99 Å². The van der Waals surface area contributed by atoms with Gasteiger partial charge in [-0.2, -0.15) is 0 Å². The summed E-state index contributed by atoms with van der Waals surface area (Å²) in [6, 6.07) is 0. The molecule has 0 aliphatic heterocycles. The number of hydrogen-bond donors (Lipinski definition) is 1. The van der Waals surface area contributed by atoms with Gasteiger partial charge in [-0.05, 0) is 14.0 Å². The van der Waals surface area contributed by atoms with Gasteiger partial charge in [-0.15, -0.1) is 0 Å². The fourth-order valence-corrected chi connectivity index (χ4v) is 0.291. The lowest BCUT2D eigenvalue weighted by atomic mass is 10.7. The highest BCUT2D eigenvalue weighted by Crippen LogP contribution is 1.67. The molecular weight excluding hydrogens is 100 g/mol. The normalized spacial score (nSPS) is 11.8. The van der Waals surface area contributed by atoms with E-state index >= 15 is 0 Å². The topological polar surface area (TPSA) is 24.4 Å². The van der Waals surface area contributed by atoms with Crippen LogP contribution in [0.5, 0.6) is 0 Å². The molecule has 0 fully saturated rings. The first kappa shape index (κ1) is 7.37. The van der Waals surface area contributed by atoms with Crippen molar-refractivity contribution in [1.29, 1.82) is 0 Å². The molecule has 2 nitrogen and oxygen atoms in total. The Morgan fingerprint density at radius 1 is 1.62 bits per heavy atom. The third kappa shape index (κ3) is 5.37. The van der Waals surface area contributed by atoms with Crippen LogP contribution in [-0.2, 0) is 0 Å². The van der Waals surface area contributed by atoms with E-state index in [1.165, 1.54) is 0 Å². The SMILES string of the molecule is C/C=C\N=CCNC. The maximum Gasteiger partial charge on any atom is 0.0306 e. The fourth-order valence-electron chi connectivity index (χ4n) is 0.291. The van der Waals surface area contributed by atoms with E-state index in [-0.39, 0.29) is 0 Å². The van der Waals surface area contributed by atoms with E-state index in [4.69, 9.17) is 0 Å². The predicted octanol–water partition coefficient (Wildman–Crippen LogP) is 0.810. The van der Waals surface area contributed by atoms with Crippen LogP contribution in [0.2, 0.25) is 0 Å². The molecule has 1 N–H and O–H groups in total. The van der Waals surface area contributed by atoms with Gasteiger partial charge in [0.2, 0.25) is 0 Å². The van der Waals surface area contributed by atoms with E-state index in [0.717, 1.165) is 6.54 Å². The van der Waals surface area contributed by atoms with Crippen LogP contribution >= 0.6 is 0 Å². The van der Waals surface area contributed by atoms with Crippen molar-refractivity contribution in [2.75, 3.05) is 13.6 Å². The summed E-state index contributed by atoms with van der Waals surface area (Å²) in [5.74, 6) is 0. The van der Waals surface area contributed by atoms with Crippen molar-refractivity contribution < 1.29 is 0 Å². The quantitative estimate of drug-likeness (QED) is 0.537. The molecule has 0 heterocycles. The lowest BCUT2D eigenvalue weighted by Gasteiger charge is -1.82. The monoisotopic (exact) mass is 112 g/mol. The minimum atomic E-state index is 0.838. The van der Waals surface area contributed by atoms with Crippen LogP contribution in [0.3, 0.4) is 0 Å². The summed E-state index contributed by atoms with van der Waals surface area (Å²) >= 11 is 0. The first-order valence-corrected chi connectivity index (χ1v) is 2.69. The van der Waals surface area contributed by atoms with Crippen molar-refractivity contribution in [2.45, 2.75) is 6.92 Å².